The van der Waals surface area contributed by atoms with E-state index in [2.05, 4.69) is 10.6 Å². The third-order valence-electron chi connectivity index (χ3n) is 1.76. The number of rotatable bonds is 5. The molecule has 0 aliphatic heterocycles. The van der Waals surface area contributed by atoms with E-state index in [4.69, 9.17) is 5.73 Å². The first-order chi connectivity index (χ1) is 7.38. The van der Waals surface area contributed by atoms with Crippen molar-refractivity contribution in [3.8, 4) is 0 Å². The van der Waals surface area contributed by atoms with Crippen LogP contribution in [-0.2, 0) is 15.6 Å². The van der Waals surface area contributed by atoms with Gasteiger partial charge in [0.15, 0.2) is 0 Å². The molecule has 0 saturated carbocycles. The van der Waals surface area contributed by atoms with Gasteiger partial charge in [0.2, 0.25) is 5.91 Å². The lowest BCUT2D eigenvalue weighted by atomic mass is 10.4. The molecule has 7 heteroatoms. The molecule has 94 valence electrons. The van der Waals surface area contributed by atoms with Crippen LogP contribution in [0.5, 0.6) is 0 Å². The summed E-state index contributed by atoms with van der Waals surface area (Å²) in [5, 5.41) is 3.79. The Morgan fingerprint density at radius 2 is 1.94 bits per heavy atom. The molecular weight excluding hydrogens is 230 g/mol. The molecule has 0 spiro atoms. The Balaban J connectivity index is 4.17. The molecule has 0 aromatic rings. The van der Waals surface area contributed by atoms with Gasteiger partial charge in [-0.2, -0.15) is 0 Å². The van der Waals surface area contributed by atoms with Gasteiger partial charge in [0.05, 0.1) is 0 Å². The number of carbonyl (C=O) groups excluding carboxylic acids is 2. The summed E-state index contributed by atoms with van der Waals surface area (Å²) in [7, 11) is -1.36. The van der Waals surface area contributed by atoms with Crippen molar-refractivity contribution in [2.75, 3.05) is 12.3 Å². The van der Waals surface area contributed by atoms with Crippen LogP contribution in [0.25, 0.3) is 0 Å². The highest BCUT2D eigenvalue weighted by atomic mass is 32.2. The Kier molecular flexibility index (Phi) is 6.91. The molecule has 3 atom stereocenters. The summed E-state index contributed by atoms with van der Waals surface area (Å²) in [4.78, 5) is 22.5. The number of nitrogens with two attached hydrogens (primary N) is 1. The molecule has 3 amide bonds. The zero-order valence-corrected chi connectivity index (χ0v) is 10.6. The van der Waals surface area contributed by atoms with Gasteiger partial charge in [-0.1, -0.05) is 0 Å². The molecule has 0 aromatic heterocycles. The van der Waals surface area contributed by atoms with Crippen molar-refractivity contribution < 1.29 is 13.8 Å². The maximum Gasteiger partial charge on any atom is 0.321 e. The minimum Gasteiger partial charge on any atom is -0.338 e. The largest absolute Gasteiger partial charge is 0.338 e. The van der Waals surface area contributed by atoms with E-state index in [9.17, 15) is 13.8 Å². The van der Waals surface area contributed by atoms with Crippen LogP contribution in [0.3, 0.4) is 0 Å². The van der Waals surface area contributed by atoms with Gasteiger partial charge in [0.1, 0.15) is 5.25 Å². The molecule has 6 nitrogen and oxygen atoms in total. The standard InChI is InChI=1S/C9H19N3O3S/c1-4-11-9(14)12-8(13)7(3)16(15)5-6(2)10/h6-7H,4-5,10H2,1-3H3,(H2,11,12,13,14). The maximum absolute atomic E-state index is 11.6. The minimum atomic E-state index is -1.36. The molecule has 16 heavy (non-hydrogen) atoms. The van der Waals surface area contributed by atoms with Crippen LogP contribution in [0.4, 0.5) is 4.79 Å². The van der Waals surface area contributed by atoms with E-state index in [1.165, 1.54) is 6.92 Å². The molecule has 0 aliphatic rings. The van der Waals surface area contributed by atoms with E-state index in [1.807, 2.05) is 0 Å². The van der Waals surface area contributed by atoms with Gasteiger partial charge in [-0.3, -0.25) is 14.3 Å². The van der Waals surface area contributed by atoms with E-state index < -0.39 is 28.0 Å². The molecule has 3 unspecified atom stereocenters. The highest BCUT2D eigenvalue weighted by Gasteiger charge is 2.22. The Bertz CT molecular complexity index is 281. The van der Waals surface area contributed by atoms with Gasteiger partial charge in [-0.05, 0) is 20.8 Å². The van der Waals surface area contributed by atoms with E-state index in [0.29, 0.717) is 6.54 Å². The molecule has 0 aromatic carbocycles. The summed E-state index contributed by atoms with van der Waals surface area (Å²) in [6.45, 7) is 5.39. The van der Waals surface area contributed by atoms with Crippen LogP contribution in [0.2, 0.25) is 0 Å². The van der Waals surface area contributed by atoms with Crippen molar-refractivity contribution in [2.24, 2.45) is 5.73 Å². The highest BCUT2D eigenvalue weighted by Crippen LogP contribution is 1.98. The molecule has 0 rings (SSSR count). The summed E-state index contributed by atoms with van der Waals surface area (Å²) in [6, 6.07) is -0.808. The fourth-order valence-electron chi connectivity index (χ4n) is 0.941. The first-order valence-corrected chi connectivity index (χ1v) is 6.48. The monoisotopic (exact) mass is 249 g/mol. The fraction of sp³-hybridized carbons (Fsp3) is 0.778. The topological polar surface area (TPSA) is 101 Å². The number of hydrogen-bond acceptors (Lipinski definition) is 4. The number of carbonyl (C=O) groups is 2. The molecule has 0 saturated heterocycles. The average Bonchev–Trinajstić information content (AvgIpc) is 2.15. The van der Waals surface area contributed by atoms with Gasteiger partial charge in [-0.25, -0.2) is 4.79 Å². The lowest BCUT2D eigenvalue weighted by molar-refractivity contribution is -0.119. The van der Waals surface area contributed by atoms with Crippen LogP contribution in [0.15, 0.2) is 0 Å². The lowest BCUT2D eigenvalue weighted by Crippen LogP contribution is -2.45. The predicted molar refractivity (Wildman–Crippen MR) is 63.3 cm³/mol. The van der Waals surface area contributed by atoms with E-state index >= 15 is 0 Å². The first kappa shape index (κ1) is 15.0. The number of imide groups is 1. The quantitative estimate of drug-likeness (QED) is 0.600. The summed E-state index contributed by atoms with van der Waals surface area (Å²) >= 11 is 0. The smallest absolute Gasteiger partial charge is 0.321 e. The minimum absolute atomic E-state index is 0.236. The predicted octanol–water partition coefficient (Wildman–Crippen LogP) is -0.683. The van der Waals surface area contributed by atoms with Gasteiger partial charge in [0.25, 0.3) is 0 Å². The number of amides is 3. The van der Waals surface area contributed by atoms with Crippen molar-refractivity contribution in [1.82, 2.24) is 10.6 Å². The second-order valence-corrected chi connectivity index (χ2v) is 5.32. The van der Waals surface area contributed by atoms with Crippen molar-refractivity contribution in [3.63, 3.8) is 0 Å². The second kappa shape index (κ2) is 7.34. The van der Waals surface area contributed by atoms with Gasteiger partial charge >= 0.3 is 6.03 Å². The molecule has 0 fully saturated rings. The Morgan fingerprint density at radius 3 is 2.38 bits per heavy atom. The van der Waals surface area contributed by atoms with Crippen LogP contribution < -0.4 is 16.4 Å². The number of hydrogen-bond donors (Lipinski definition) is 3. The zero-order valence-electron chi connectivity index (χ0n) is 9.78. The van der Waals surface area contributed by atoms with Crippen molar-refractivity contribution >= 4 is 22.7 Å². The van der Waals surface area contributed by atoms with Crippen LogP contribution in [0, 0.1) is 0 Å². The van der Waals surface area contributed by atoms with Crippen LogP contribution >= 0.6 is 0 Å². The summed E-state index contributed by atoms with van der Waals surface area (Å²) in [6.07, 6.45) is 0. The molecule has 4 N–H and O–H groups in total. The molecule has 0 heterocycles. The van der Waals surface area contributed by atoms with E-state index in [1.54, 1.807) is 13.8 Å². The maximum atomic E-state index is 11.6. The normalized spacial score (nSPS) is 16.0. The Labute approximate surface area is 97.8 Å². The van der Waals surface area contributed by atoms with E-state index in [-0.39, 0.29) is 11.8 Å². The fourth-order valence-corrected chi connectivity index (χ4v) is 2.05. The van der Waals surface area contributed by atoms with Gasteiger partial charge in [-0.15, -0.1) is 0 Å². The van der Waals surface area contributed by atoms with E-state index in [0.717, 1.165) is 0 Å². The molecule has 0 bridgehead atoms. The van der Waals surface area contributed by atoms with Gasteiger partial charge < -0.3 is 11.1 Å². The average molecular weight is 249 g/mol. The van der Waals surface area contributed by atoms with Gasteiger partial charge in [0, 0.05) is 29.1 Å². The summed E-state index contributed by atoms with van der Waals surface area (Å²) in [5.41, 5.74) is 5.48. The summed E-state index contributed by atoms with van der Waals surface area (Å²) in [5.74, 6) is -0.311. The van der Waals surface area contributed by atoms with Crippen molar-refractivity contribution in [3.05, 3.63) is 0 Å². The highest BCUT2D eigenvalue weighted by molar-refractivity contribution is 7.86. The van der Waals surface area contributed by atoms with Crippen LogP contribution in [0.1, 0.15) is 20.8 Å². The first-order valence-electron chi connectivity index (χ1n) is 5.09. The zero-order chi connectivity index (χ0) is 12.7. The lowest BCUT2D eigenvalue weighted by Gasteiger charge is -2.12. The third-order valence-corrected chi connectivity index (χ3v) is 3.62. The third kappa shape index (κ3) is 5.82. The Hall–Kier alpha value is -0.950. The SMILES string of the molecule is CCNC(=O)NC(=O)C(C)S(=O)CC(C)N. The van der Waals surface area contributed by atoms with Crippen molar-refractivity contribution in [2.45, 2.75) is 32.1 Å². The molecule has 0 aliphatic carbocycles. The Morgan fingerprint density at radius 1 is 1.38 bits per heavy atom. The van der Waals surface area contributed by atoms with Crippen LogP contribution in [-0.4, -0.2) is 39.7 Å². The molecular formula is C9H19N3O3S. The number of urea groups is 1. The number of nitrogens with one attached hydrogen (secondary N) is 2. The second-order valence-electron chi connectivity index (χ2n) is 3.52. The van der Waals surface area contributed by atoms with Crippen molar-refractivity contribution in [1.29, 1.82) is 0 Å². The molecule has 0 radical (unpaired) electrons. The summed E-state index contributed by atoms with van der Waals surface area (Å²) < 4.78 is 11.6.